The Hall–Kier alpha value is -3.16. The highest BCUT2D eigenvalue weighted by atomic mass is 16.7. The van der Waals surface area contributed by atoms with Crippen LogP contribution in [0.3, 0.4) is 0 Å². The van der Waals surface area contributed by atoms with Crippen LogP contribution in [0.5, 0.6) is 34.5 Å². The molecule has 0 unspecified atom stereocenters. The van der Waals surface area contributed by atoms with Crippen molar-refractivity contribution >= 4 is 0 Å². The van der Waals surface area contributed by atoms with Crippen molar-refractivity contribution in [3.63, 3.8) is 0 Å². The van der Waals surface area contributed by atoms with Crippen LogP contribution in [0.2, 0.25) is 0 Å². The van der Waals surface area contributed by atoms with E-state index in [1.165, 1.54) is 28.4 Å². The predicted molar refractivity (Wildman–Crippen MR) is 160 cm³/mol. The minimum Gasteiger partial charge on any atom is -0.493 e. The predicted octanol–water partition coefficient (Wildman–Crippen LogP) is -1.75. The van der Waals surface area contributed by atoms with Crippen LogP contribution < -0.4 is 28.4 Å². The molecule has 2 fully saturated rings. The second kappa shape index (κ2) is 16.3. The second-order valence-corrected chi connectivity index (χ2v) is 11.1. The fourth-order valence-corrected chi connectivity index (χ4v) is 5.55. The Labute approximate surface area is 271 Å². The molecule has 2 aromatic carbocycles. The molecule has 2 saturated heterocycles. The molecule has 0 bridgehead atoms. The average molecular weight is 673 g/mol. The first-order chi connectivity index (χ1) is 22.5. The van der Waals surface area contributed by atoms with Crippen LogP contribution in [-0.4, -0.2) is 144 Å². The normalized spacial score (nSPS) is 30.8. The maximum absolute atomic E-state index is 10.5. The van der Waals surface area contributed by atoms with Gasteiger partial charge in [-0.1, -0.05) is 6.07 Å². The number of aryl methyl sites for hydroxylation is 2. The summed E-state index contributed by atoms with van der Waals surface area (Å²) in [6.07, 6.45) is -13.1. The summed E-state index contributed by atoms with van der Waals surface area (Å²) < 4.78 is 44.8. The standard InChI is InChI=1S/C31H44O16/c1-40-17-10-14(8-9-16(17)44-30-25(38)23(36)21(34)19(12-32)46-30)6-5-7-15-11-18(28(42-3)29(43-4)27(15)41-2)45-31-26(39)24(37)22(35)20(13-33)47-31/h8-11,19-26,30-39H,5-7,12-13H2,1-4H3/t19-,20-,21-,22-,23+,24+,25-,26-,30-,31+/m1/s1. The molecule has 0 aromatic heterocycles. The van der Waals surface area contributed by atoms with Crippen LogP contribution in [-0.2, 0) is 22.3 Å². The summed E-state index contributed by atoms with van der Waals surface area (Å²) in [5.74, 6) is 1.34. The Kier molecular flexibility index (Phi) is 12.7. The SMILES string of the molecule is COc1cc(CCCc2cc(O[C@H]3O[C@H](CO)[C@@H](O)[C@H](O)[C@H]3O)c(OC)c(OC)c2OC)ccc1O[C@@H]1O[C@H](CO)[C@@H](O)[C@H](O)[C@H]1O. The number of hydrogen-bond donors (Lipinski definition) is 8. The van der Waals surface area contributed by atoms with Gasteiger partial charge in [0.1, 0.15) is 48.8 Å². The van der Waals surface area contributed by atoms with Gasteiger partial charge in [-0.2, -0.15) is 0 Å². The van der Waals surface area contributed by atoms with E-state index in [1.54, 1.807) is 24.3 Å². The van der Waals surface area contributed by atoms with E-state index in [-0.39, 0.29) is 23.0 Å². The Balaban J connectivity index is 1.50. The third-order valence-electron chi connectivity index (χ3n) is 8.17. The summed E-state index contributed by atoms with van der Waals surface area (Å²) in [7, 11) is 5.71. The molecule has 0 radical (unpaired) electrons. The van der Waals surface area contributed by atoms with E-state index >= 15 is 0 Å². The van der Waals surface area contributed by atoms with Crippen molar-refractivity contribution in [2.24, 2.45) is 0 Å². The number of aliphatic hydroxyl groups is 8. The zero-order chi connectivity index (χ0) is 34.4. The van der Waals surface area contributed by atoms with Gasteiger partial charge in [0.2, 0.25) is 24.1 Å². The van der Waals surface area contributed by atoms with Crippen molar-refractivity contribution in [1.29, 1.82) is 0 Å². The van der Waals surface area contributed by atoms with Gasteiger partial charge in [0, 0.05) is 5.56 Å². The lowest BCUT2D eigenvalue weighted by molar-refractivity contribution is -0.277. The third kappa shape index (κ3) is 7.78. The summed E-state index contributed by atoms with van der Waals surface area (Å²) in [6, 6.07) is 6.75. The van der Waals surface area contributed by atoms with Crippen molar-refractivity contribution < 1.29 is 78.7 Å². The van der Waals surface area contributed by atoms with Crippen LogP contribution in [0.15, 0.2) is 24.3 Å². The highest BCUT2D eigenvalue weighted by molar-refractivity contribution is 5.63. The lowest BCUT2D eigenvalue weighted by atomic mass is 9.99. The summed E-state index contributed by atoms with van der Waals surface area (Å²) in [6.45, 7) is -1.21. The van der Waals surface area contributed by atoms with E-state index in [2.05, 4.69) is 0 Å². The molecule has 2 aliphatic heterocycles. The molecule has 0 aliphatic carbocycles. The first-order valence-electron chi connectivity index (χ1n) is 15.0. The largest absolute Gasteiger partial charge is 0.493 e. The highest BCUT2D eigenvalue weighted by Crippen LogP contribution is 2.48. The fraction of sp³-hybridized carbons (Fsp3) is 0.613. The van der Waals surface area contributed by atoms with Gasteiger partial charge in [-0.25, -0.2) is 0 Å². The van der Waals surface area contributed by atoms with Gasteiger partial charge in [0.25, 0.3) is 0 Å². The molecule has 2 aliphatic rings. The zero-order valence-corrected chi connectivity index (χ0v) is 26.5. The Morgan fingerprint density at radius 2 is 1.09 bits per heavy atom. The van der Waals surface area contributed by atoms with E-state index in [0.29, 0.717) is 36.3 Å². The molecule has 0 amide bonds. The van der Waals surface area contributed by atoms with Crippen molar-refractivity contribution in [1.82, 2.24) is 0 Å². The topological polar surface area (TPSA) is 236 Å². The molecule has 10 atom stereocenters. The van der Waals surface area contributed by atoms with Crippen LogP contribution in [0, 0.1) is 0 Å². The van der Waals surface area contributed by atoms with E-state index in [9.17, 15) is 40.9 Å². The summed E-state index contributed by atoms with van der Waals surface area (Å²) >= 11 is 0. The quantitative estimate of drug-likeness (QED) is 0.111. The second-order valence-electron chi connectivity index (χ2n) is 11.1. The smallest absolute Gasteiger partial charge is 0.229 e. The maximum Gasteiger partial charge on any atom is 0.229 e. The number of hydrogen-bond acceptors (Lipinski definition) is 16. The van der Waals surface area contributed by atoms with Gasteiger partial charge >= 0.3 is 0 Å². The number of benzene rings is 2. The summed E-state index contributed by atoms with van der Waals surface area (Å²) in [5, 5.41) is 80.3. The molecule has 16 heteroatoms. The molecular weight excluding hydrogens is 628 g/mol. The minimum atomic E-state index is -1.64. The molecule has 8 N–H and O–H groups in total. The Morgan fingerprint density at radius 1 is 0.553 bits per heavy atom. The van der Waals surface area contributed by atoms with Crippen LogP contribution >= 0.6 is 0 Å². The molecule has 16 nitrogen and oxygen atoms in total. The maximum atomic E-state index is 10.5. The molecule has 47 heavy (non-hydrogen) atoms. The molecule has 0 saturated carbocycles. The van der Waals surface area contributed by atoms with Crippen LogP contribution in [0.25, 0.3) is 0 Å². The van der Waals surface area contributed by atoms with Gasteiger partial charge in [0.05, 0.1) is 41.7 Å². The fourth-order valence-electron chi connectivity index (χ4n) is 5.55. The number of ether oxygens (including phenoxy) is 8. The van der Waals surface area contributed by atoms with E-state index in [4.69, 9.17) is 37.9 Å². The molecule has 2 aromatic rings. The highest BCUT2D eigenvalue weighted by Gasteiger charge is 2.46. The summed E-state index contributed by atoms with van der Waals surface area (Å²) in [4.78, 5) is 0. The van der Waals surface area contributed by atoms with E-state index in [0.717, 1.165) is 5.56 Å². The minimum absolute atomic E-state index is 0.0980. The number of methoxy groups -OCH3 is 4. The molecule has 264 valence electrons. The van der Waals surface area contributed by atoms with Crippen LogP contribution in [0.4, 0.5) is 0 Å². The molecule has 4 rings (SSSR count). The molecule has 2 heterocycles. The zero-order valence-electron chi connectivity index (χ0n) is 26.5. The van der Waals surface area contributed by atoms with E-state index < -0.39 is 74.6 Å². The third-order valence-corrected chi connectivity index (χ3v) is 8.17. The van der Waals surface area contributed by atoms with Crippen molar-refractivity contribution in [3.05, 3.63) is 35.4 Å². The molecule has 0 spiro atoms. The van der Waals surface area contributed by atoms with Crippen LogP contribution in [0.1, 0.15) is 17.5 Å². The lowest BCUT2D eigenvalue weighted by Crippen LogP contribution is -2.60. The van der Waals surface area contributed by atoms with Gasteiger partial charge in [-0.15, -0.1) is 0 Å². The molecular formula is C31H44O16. The Morgan fingerprint density at radius 3 is 1.57 bits per heavy atom. The van der Waals surface area contributed by atoms with E-state index in [1.807, 2.05) is 0 Å². The van der Waals surface area contributed by atoms with Gasteiger partial charge in [-0.05, 0) is 43.0 Å². The van der Waals surface area contributed by atoms with Crippen molar-refractivity contribution in [2.45, 2.75) is 80.7 Å². The number of rotatable bonds is 14. The van der Waals surface area contributed by atoms with Gasteiger partial charge < -0.3 is 78.7 Å². The monoisotopic (exact) mass is 672 g/mol. The summed E-state index contributed by atoms with van der Waals surface area (Å²) in [5.41, 5.74) is 1.51. The Bertz CT molecular complexity index is 1300. The lowest BCUT2D eigenvalue weighted by Gasteiger charge is -2.39. The average Bonchev–Trinajstić information content (AvgIpc) is 3.08. The first-order valence-corrected chi connectivity index (χ1v) is 15.0. The van der Waals surface area contributed by atoms with Crippen molar-refractivity contribution in [3.8, 4) is 34.5 Å². The van der Waals surface area contributed by atoms with Crippen molar-refractivity contribution in [2.75, 3.05) is 41.7 Å². The van der Waals surface area contributed by atoms with Gasteiger partial charge in [0.15, 0.2) is 23.0 Å². The first kappa shape index (κ1) is 36.7. The van der Waals surface area contributed by atoms with Gasteiger partial charge in [-0.3, -0.25) is 0 Å². The number of aliphatic hydroxyl groups excluding tert-OH is 8.